The smallest absolute Gasteiger partial charge is 0.261 e. The van der Waals surface area contributed by atoms with Crippen molar-refractivity contribution in [3.8, 4) is 0 Å². The molecule has 1 unspecified atom stereocenters. The molecule has 4 rings (SSSR count). The third-order valence-electron chi connectivity index (χ3n) is 5.77. The van der Waals surface area contributed by atoms with Crippen LogP contribution in [0, 0.1) is 6.92 Å². The van der Waals surface area contributed by atoms with Crippen LogP contribution < -0.4 is 10.6 Å². The van der Waals surface area contributed by atoms with E-state index in [0.717, 1.165) is 52.1 Å². The molecule has 0 bridgehead atoms. The van der Waals surface area contributed by atoms with Crippen LogP contribution >= 0.6 is 11.3 Å². The van der Waals surface area contributed by atoms with E-state index in [9.17, 15) is 9.59 Å². The van der Waals surface area contributed by atoms with Gasteiger partial charge in [0.15, 0.2) is 0 Å². The van der Waals surface area contributed by atoms with Crippen molar-refractivity contribution in [2.24, 2.45) is 0 Å². The van der Waals surface area contributed by atoms with Gasteiger partial charge in [0.2, 0.25) is 5.91 Å². The highest BCUT2D eigenvalue weighted by Gasteiger charge is 2.27. The summed E-state index contributed by atoms with van der Waals surface area (Å²) in [5.74, 6) is 0.00970. The van der Waals surface area contributed by atoms with Gasteiger partial charge in [0.1, 0.15) is 0 Å². The molecular formula is C24H27N3O2S. The predicted molar refractivity (Wildman–Crippen MR) is 123 cm³/mol. The molecule has 6 heteroatoms. The first-order chi connectivity index (χ1) is 14.5. The molecule has 1 atom stereocenters. The largest absolute Gasteiger partial charge is 0.349 e. The molecule has 3 aromatic rings. The van der Waals surface area contributed by atoms with E-state index in [-0.39, 0.29) is 23.9 Å². The van der Waals surface area contributed by atoms with Gasteiger partial charge >= 0.3 is 0 Å². The summed E-state index contributed by atoms with van der Waals surface area (Å²) in [6, 6.07) is 17.9. The third kappa shape index (κ3) is 4.71. The Hall–Kier alpha value is -2.70. The van der Waals surface area contributed by atoms with Gasteiger partial charge in [0, 0.05) is 29.7 Å². The molecule has 0 spiro atoms. The minimum Gasteiger partial charge on any atom is -0.349 e. The zero-order valence-corrected chi connectivity index (χ0v) is 18.2. The number of amides is 2. The number of aryl methyl sites for hydroxylation is 1. The lowest BCUT2D eigenvalue weighted by Crippen LogP contribution is -2.50. The first-order valence-electron chi connectivity index (χ1n) is 10.4. The standard InChI is InChI=1S/C24H27N3O2S/c1-16-7-10-22(30-16)24(29)25-20-11-13-27(14-12-20)17(2)23(28)26-21-9-8-18-5-3-4-6-19(18)15-21/h3-10,15,17,20H,11-14H2,1-2H3,(H,25,29)(H,26,28). The number of nitrogens with zero attached hydrogens (tertiary/aromatic N) is 1. The topological polar surface area (TPSA) is 61.4 Å². The SMILES string of the molecule is Cc1ccc(C(=O)NC2CCN(C(C)C(=O)Nc3ccc4ccccc4c3)CC2)s1. The van der Waals surface area contributed by atoms with Gasteiger partial charge in [0.05, 0.1) is 10.9 Å². The van der Waals surface area contributed by atoms with E-state index in [1.54, 1.807) is 0 Å². The van der Waals surface area contributed by atoms with Gasteiger partial charge < -0.3 is 10.6 Å². The summed E-state index contributed by atoms with van der Waals surface area (Å²) in [4.78, 5) is 29.2. The highest BCUT2D eigenvalue weighted by Crippen LogP contribution is 2.21. The van der Waals surface area contributed by atoms with E-state index < -0.39 is 0 Å². The number of nitrogens with one attached hydrogen (secondary N) is 2. The van der Waals surface area contributed by atoms with Gasteiger partial charge in [-0.25, -0.2) is 0 Å². The van der Waals surface area contributed by atoms with Gasteiger partial charge in [-0.15, -0.1) is 11.3 Å². The predicted octanol–water partition coefficient (Wildman–Crippen LogP) is 4.43. The Morgan fingerprint density at radius 1 is 1.03 bits per heavy atom. The van der Waals surface area contributed by atoms with Crippen LogP contribution in [0.1, 0.15) is 34.3 Å². The van der Waals surface area contributed by atoms with Crippen LogP contribution in [0.4, 0.5) is 5.69 Å². The molecule has 1 aliphatic heterocycles. The van der Waals surface area contributed by atoms with Crippen LogP contribution in [-0.4, -0.2) is 41.9 Å². The second kappa shape index (κ2) is 8.98. The fourth-order valence-corrected chi connectivity index (χ4v) is 4.69. The third-order valence-corrected chi connectivity index (χ3v) is 6.77. The van der Waals surface area contributed by atoms with Crippen LogP contribution in [-0.2, 0) is 4.79 Å². The summed E-state index contributed by atoms with van der Waals surface area (Å²) in [6.07, 6.45) is 1.70. The van der Waals surface area contributed by atoms with Crippen molar-refractivity contribution in [2.45, 2.75) is 38.8 Å². The van der Waals surface area contributed by atoms with Crippen molar-refractivity contribution >= 4 is 39.6 Å². The molecule has 5 nitrogen and oxygen atoms in total. The van der Waals surface area contributed by atoms with Crippen molar-refractivity contribution in [3.05, 3.63) is 64.4 Å². The number of hydrogen-bond acceptors (Lipinski definition) is 4. The summed E-state index contributed by atoms with van der Waals surface area (Å²) in [5.41, 5.74) is 0.818. The summed E-state index contributed by atoms with van der Waals surface area (Å²) in [5, 5.41) is 8.46. The Bertz CT molecular complexity index is 1050. The molecule has 30 heavy (non-hydrogen) atoms. The molecule has 0 radical (unpaired) electrons. The lowest BCUT2D eigenvalue weighted by atomic mass is 10.0. The van der Waals surface area contributed by atoms with Crippen LogP contribution in [0.5, 0.6) is 0 Å². The molecule has 1 aliphatic rings. The number of carbonyl (C=O) groups is 2. The Kier molecular flexibility index (Phi) is 6.16. The minimum absolute atomic E-state index is 0.00169. The van der Waals surface area contributed by atoms with E-state index in [1.165, 1.54) is 11.3 Å². The van der Waals surface area contributed by atoms with Crippen molar-refractivity contribution in [1.82, 2.24) is 10.2 Å². The highest BCUT2D eigenvalue weighted by molar-refractivity contribution is 7.13. The van der Waals surface area contributed by atoms with E-state index in [2.05, 4.69) is 21.6 Å². The van der Waals surface area contributed by atoms with E-state index in [0.29, 0.717) is 0 Å². The van der Waals surface area contributed by atoms with Gasteiger partial charge in [-0.1, -0.05) is 30.3 Å². The Morgan fingerprint density at radius 3 is 2.47 bits per heavy atom. The van der Waals surface area contributed by atoms with Crippen molar-refractivity contribution < 1.29 is 9.59 Å². The zero-order chi connectivity index (χ0) is 21.1. The maximum Gasteiger partial charge on any atom is 0.261 e. The number of likely N-dealkylation sites (tertiary alicyclic amines) is 1. The average molecular weight is 422 g/mol. The van der Waals surface area contributed by atoms with Gasteiger partial charge in [-0.2, -0.15) is 0 Å². The summed E-state index contributed by atoms with van der Waals surface area (Å²) in [6.45, 7) is 5.54. The molecule has 2 heterocycles. The number of thiophene rings is 1. The average Bonchev–Trinajstić information content (AvgIpc) is 3.20. The van der Waals surface area contributed by atoms with Gasteiger partial charge in [0.25, 0.3) is 5.91 Å². The highest BCUT2D eigenvalue weighted by atomic mass is 32.1. The summed E-state index contributed by atoms with van der Waals surface area (Å²) < 4.78 is 0. The first kappa shape index (κ1) is 20.6. The first-order valence-corrected chi connectivity index (χ1v) is 11.2. The van der Waals surface area contributed by atoms with Crippen molar-refractivity contribution in [3.63, 3.8) is 0 Å². The van der Waals surface area contributed by atoms with Crippen LogP contribution in [0.3, 0.4) is 0 Å². The number of piperidine rings is 1. The summed E-state index contributed by atoms with van der Waals surface area (Å²) >= 11 is 1.52. The molecule has 1 aromatic heterocycles. The molecule has 156 valence electrons. The number of hydrogen-bond donors (Lipinski definition) is 2. The molecule has 2 N–H and O–H groups in total. The monoisotopic (exact) mass is 421 g/mol. The van der Waals surface area contributed by atoms with Crippen LogP contribution in [0.2, 0.25) is 0 Å². The Labute approximate surface area is 181 Å². The maximum atomic E-state index is 12.8. The van der Waals surface area contributed by atoms with Crippen LogP contribution in [0.15, 0.2) is 54.6 Å². The minimum atomic E-state index is -0.215. The Morgan fingerprint density at radius 2 is 1.77 bits per heavy atom. The second-order valence-electron chi connectivity index (χ2n) is 7.92. The quantitative estimate of drug-likeness (QED) is 0.641. The lowest BCUT2D eigenvalue weighted by Gasteiger charge is -2.35. The maximum absolute atomic E-state index is 12.8. The fraction of sp³-hybridized carbons (Fsp3) is 0.333. The zero-order valence-electron chi connectivity index (χ0n) is 17.4. The number of fused-ring (bicyclic) bond motifs is 1. The van der Waals surface area contributed by atoms with Crippen LogP contribution in [0.25, 0.3) is 10.8 Å². The van der Waals surface area contributed by atoms with Crippen molar-refractivity contribution in [2.75, 3.05) is 18.4 Å². The van der Waals surface area contributed by atoms with E-state index in [4.69, 9.17) is 0 Å². The Balaban J connectivity index is 1.29. The summed E-state index contributed by atoms with van der Waals surface area (Å²) in [7, 11) is 0. The van der Waals surface area contributed by atoms with Crippen molar-refractivity contribution in [1.29, 1.82) is 0 Å². The van der Waals surface area contributed by atoms with Gasteiger partial charge in [-0.05, 0) is 61.7 Å². The molecule has 2 aromatic carbocycles. The molecule has 2 amide bonds. The lowest BCUT2D eigenvalue weighted by molar-refractivity contribution is -0.121. The molecule has 1 fully saturated rings. The second-order valence-corrected chi connectivity index (χ2v) is 9.21. The van der Waals surface area contributed by atoms with E-state index in [1.807, 2.05) is 62.4 Å². The number of rotatable bonds is 5. The number of anilines is 1. The van der Waals surface area contributed by atoms with E-state index >= 15 is 0 Å². The number of carbonyl (C=O) groups excluding carboxylic acids is 2. The molecule has 1 saturated heterocycles. The molecule has 0 saturated carbocycles. The van der Waals surface area contributed by atoms with Gasteiger partial charge in [-0.3, -0.25) is 14.5 Å². The number of benzene rings is 2. The molecular weight excluding hydrogens is 394 g/mol. The normalized spacial score (nSPS) is 16.3. The fourth-order valence-electron chi connectivity index (χ4n) is 3.92. The molecule has 0 aliphatic carbocycles.